The number of para-hydroxylation sites is 1. The zero-order valence-electron chi connectivity index (χ0n) is 16.3. The standard InChI is InChI=1S/C22H19IN2O5/c1-14-5-3-6-15(2)21(14)29-13-20(26)25-24-12-16-8-9-18(17(23)11-16)30-22(27)19-7-4-10-28-19/h3-12H,13H2,1-2H3,(H,25,26)/b24-12-. The fraction of sp³-hybridized carbons (Fsp3) is 0.136. The minimum Gasteiger partial charge on any atom is -0.483 e. The van der Waals surface area contributed by atoms with Crippen LogP contribution < -0.4 is 14.9 Å². The van der Waals surface area contributed by atoms with Crippen LogP contribution in [0.25, 0.3) is 0 Å². The first-order valence-electron chi connectivity index (χ1n) is 9.00. The van der Waals surface area contributed by atoms with E-state index in [9.17, 15) is 9.59 Å². The molecule has 0 aliphatic rings. The molecule has 1 amide bonds. The van der Waals surface area contributed by atoms with E-state index in [1.54, 1.807) is 24.3 Å². The van der Waals surface area contributed by atoms with Crippen molar-refractivity contribution in [3.63, 3.8) is 0 Å². The maximum atomic E-state index is 12.0. The summed E-state index contributed by atoms with van der Waals surface area (Å²) in [6.45, 7) is 3.72. The van der Waals surface area contributed by atoms with Gasteiger partial charge in [-0.15, -0.1) is 0 Å². The summed E-state index contributed by atoms with van der Waals surface area (Å²) in [7, 11) is 0. The fourth-order valence-corrected chi connectivity index (χ4v) is 3.25. The van der Waals surface area contributed by atoms with Gasteiger partial charge in [-0.25, -0.2) is 10.2 Å². The van der Waals surface area contributed by atoms with Crippen molar-refractivity contribution >= 4 is 40.7 Å². The molecule has 1 aromatic heterocycles. The smallest absolute Gasteiger partial charge is 0.379 e. The molecule has 3 aromatic rings. The maximum Gasteiger partial charge on any atom is 0.379 e. The van der Waals surface area contributed by atoms with Crippen molar-refractivity contribution in [1.82, 2.24) is 5.43 Å². The number of halogens is 1. The van der Waals surface area contributed by atoms with Gasteiger partial charge in [0.05, 0.1) is 16.0 Å². The number of furan rings is 1. The van der Waals surface area contributed by atoms with Gasteiger partial charge in [0, 0.05) is 0 Å². The molecule has 30 heavy (non-hydrogen) atoms. The quantitative estimate of drug-likeness (QED) is 0.166. The Morgan fingerprint density at radius 1 is 1.13 bits per heavy atom. The summed E-state index contributed by atoms with van der Waals surface area (Å²) >= 11 is 2.05. The third-order valence-corrected chi connectivity index (χ3v) is 4.88. The number of rotatable bonds is 7. The number of esters is 1. The van der Waals surface area contributed by atoms with Crippen LogP contribution in [0, 0.1) is 17.4 Å². The summed E-state index contributed by atoms with van der Waals surface area (Å²) in [5.41, 5.74) is 5.09. The van der Waals surface area contributed by atoms with Crippen LogP contribution in [0.3, 0.4) is 0 Å². The van der Waals surface area contributed by atoms with Gasteiger partial charge in [0.15, 0.2) is 6.61 Å². The fourth-order valence-electron chi connectivity index (χ4n) is 2.60. The summed E-state index contributed by atoms with van der Waals surface area (Å²) in [6, 6.07) is 14.1. The molecule has 0 atom stereocenters. The van der Waals surface area contributed by atoms with E-state index in [4.69, 9.17) is 13.9 Å². The predicted molar refractivity (Wildman–Crippen MR) is 120 cm³/mol. The van der Waals surface area contributed by atoms with Crippen LogP contribution >= 0.6 is 22.6 Å². The Morgan fingerprint density at radius 3 is 2.57 bits per heavy atom. The third kappa shape index (κ3) is 5.69. The molecule has 0 fully saturated rings. The molecule has 0 radical (unpaired) electrons. The Morgan fingerprint density at radius 2 is 1.90 bits per heavy atom. The molecule has 0 bridgehead atoms. The number of hydrazone groups is 1. The van der Waals surface area contributed by atoms with E-state index in [0.717, 1.165) is 16.7 Å². The minimum atomic E-state index is -0.574. The SMILES string of the molecule is Cc1cccc(C)c1OCC(=O)N/N=C\c1ccc(OC(=O)c2ccco2)c(I)c1. The largest absolute Gasteiger partial charge is 0.483 e. The highest BCUT2D eigenvalue weighted by Gasteiger charge is 2.13. The lowest BCUT2D eigenvalue weighted by molar-refractivity contribution is -0.123. The highest BCUT2D eigenvalue weighted by atomic mass is 127. The Hall–Kier alpha value is -3.14. The van der Waals surface area contributed by atoms with Crippen LogP contribution in [-0.4, -0.2) is 24.7 Å². The Labute approximate surface area is 187 Å². The normalized spacial score (nSPS) is 10.8. The zero-order chi connectivity index (χ0) is 21.5. The van der Waals surface area contributed by atoms with Gasteiger partial charge in [-0.1, -0.05) is 18.2 Å². The van der Waals surface area contributed by atoms with Gasteiger partial charge in [0.2, 0.25) is 5.76 Å². The van der Waals surface area contributed by atoms with E-state index in [1.165, 1.54) is 18.5 Å². The second-order valence-electron chi connectivity index (χ2n) is 6.36. The molecule has 3 rings (SSSR count). The molecule has 8 heteroatoms. The van der Waals surface area contributed by atoms with E-state index in [0.29, 0.717) is 15.1 Å². The van der Waals surface area contributed by atoms with Crippen molar-refractivity contribution < 1.29 is 23.5 Å². The summed E-state index contributed by atoms with van der Waals surface area (Å²) in [5, 5.41) is 3.94. The topological polar surface area (TPSA) is 90.1 Å². The van der Waals surface area contributed by atoms with Crippen LogP contribution in [0.4, 0.5) is 0 Å². The van der Waals surface area contributed by atoms with Gasteiger partial charge < -0.3 is 13.9 Å². The molecule has 0 saturated carbocycles. The van der Waals surface area contributed by atoms with Gasteiger partial charge in [-0.2, -0.15) is 5.10 Å². The summed E-state index contributed by atoms with van der Waals surface area (Å²) in [6.07, 6.45) is 2.90. The van der Waals surface area contributed by atoms with Crippen molar-refractivity contribution in [1.29, 1.82) is 0 Å². The number of aryl methyl sites for hydroxylation is 2. The molecule has 0 unspecified atom stereocenters. The lowest BCUT2D eigenvalue weighted by Gasteiger charge is -2.10. The zero-order valence-corrected chi connectivity index (χ0v) is 18.5. The summed E-state index contributed by atoms with van der Waals surface area (Å²) in [5.74, 6) is 0.288. The van der Waals surface area contributed by atoms with Gasteiger partial charge in [-0.05, 0) is 83.5 Å². The Kier molecular flexibility index (Phi) is 7.23. The van der Waals surface area contributed by atoms with Crippen LogP contribution in [0.2, 0.25) is 0 Å². The number of benzene rings is 2. The van der Waals surface area contributed by atoms with Crippen LogP contribution in [0.1, 0.15) is 27.2 Å². The number of hydrogen-bond acceptors (Lipinski definition) is 6. The molecule has 1 N–H and O–H groups in total. The molecule has 7 nitrogen and oxygen atoms in total. The predicted octanol–water partition coefficient (Wildman–Crippen LogP) is 4.25. The summed E-state index contributed by atoms with van der Waals surface area (Å²) in [4.78, 5) is 23.9. The van der Waals surface area contributed by atoms with Crippen molar-refractivity contribution in [3.8, 4) is 11.5 Å². The van der Waals surface area contributed by atoms with Crippen molar-refractivity contribution in [2.24, 2.45) is 5.10 Å². The van der Waals surface area contributed by atoms with Gasteiger partial charge >= 0.3 is 5.97 Å². The lowest BCUT2D eigenvalue weighted by Crippen LogP contribution is -2.25. The number of carbonyl (C=O) groups is 2. The number of nitrogens with zero attached hydrogens (tertiary/aromatic N) is 1. The van der Waals surface area contributed by atoms with Crippen LogP contribution in [0.5, 0.6) is 11.5 Å². The average Bonchev–Trinajstić information content (AvgIpc) is 3.24. The highest BCUT2D eigenvalue weighted by molar-refractivity contribution is 14.1. The second kappa shape index (κ2) is 10.1. The molecule has 1 heterocycles. The van der Waals surface area contributed by atoms with Crippen molar-refractivity contribution in [2.45, 2.75) is 13.8 Å². The first-order chi connectivity index (χ1) is 14.4. The van der Waals surface area contributed by atoms with Gasteiger partial charge in [0.25, 0.3) is 5.91 Å². The van der Waals surface area contributed by atoms with E-state index >= 15 is 0 Å². The van der Waals surface area contributed by atoms with Crippen molar-refractivity contribution in [2.75, 3.05) is 6.61 Å². The molecule has 2 aromatic carbocycles. The lowest BCUT2D eigenvalue weighted by atomic mass is 10.1. The van der Waals surface area contributed by atoms with Crippen molar-refractivity contribution in [3.05, 3.63) is 80.8 Å². The van der Waals surface area contributed by atoms with E-state index in [2.05, 4.69) is 33.1 Å². The number of hydrogen-bond donors (Lipinski definition) is 1. The molecule has 154 valence electrons. The maximum absolute atomic E-state index is 12.0. The van der Waals surface area contributed by atoms with E-state index < -0.39 is 5.97 Å². The molecule has 0 spiro atoms. The monoisotopic (exact) mass is 518 g/mol. The molecule has 0 aliphatic carbocycles. The molecule has 0 saturated heterocycles. The molecular weight excluding hydrogens is 499 g/mol. The number of carbonyl (C=O) groups excluding carboxylic acids is 2. The molecular formula is C22H19IN2O5. The first-order valence-corrected chi connectivity index (χ1v) is 10.1. The Bertz CT molecular complexity index is 1060. The van der Waals surface area contributed by atoms with Gasteiger partial charge in [0.1, 0.15) is 11.5 Å². The third-order valence-electron chi connectivity index (χ3n) is 4.04. The number of amides is 1. The second-order valence-corrected chi connectivity index (χ2v) is 7.52. The van der Waals surface area contributed by atoms with E-state index in [-0.39, 0.29) is 18.3 Å². The first kappa shape index (κ1) is 21.6. The number of ether oxygens (including phenoxy) is 2. The average molecular weight is 518 g/mol. The summed E-state index contributed by atoms with van der Waals surface area (Å²) < 4.78 is 16.6. The van der Waals surface area contributed by atoms with Crippen LogP contribution in [0.15, 0.2) is 64.3 Å². The van der Waals surface area contributed by atoms with Crippen LogP contribution in [-0.2, 0) is 4.79 Å². The number of nitrogens with one attached hydrogen (secondary N) is 1. The van der Waals surface area contributed by atoms with E-state index in [1.807, 2.05) is 32.0 Å². The molecule has 0 aliphatic heterocycles. The highest BCUT2D eigenvalue weighted by Crippen LogP contribution is 2.23. The van der Waals surface area contributed by atoms with Gasteiger partial charge in [-0.3, -0.25) is 4.79 Å². The Balaban J connectivity index is 1.52. The minimum absolute atomic E-state index is 0.127.